The minimum absolute atomic E-state index is 0.0263. The van der Waals surface area contributed by atoms with Crippen molar-refractivity contribution in [1.29, 1.82) is 0 Å². The van der Waals surface area contributed by atoms with Crippen LogP contribution in [0.5, 0.6) is 5.75 Å². The van der Waals surface area contributed by atoms with Gasteiger partial charge in [-0.1, -0.05) is 5.57 Å². The van der Waals surface area contributed by atoms with Gasteiger partial charge in [-0.3, -0.25) is 19.6 Å². The van der Waals surface area contributed by atoms with Gasteiger partial charge in [0, 0.05) is 43.8 Å². The SMILES string of the molecule is CCNC(=O)CN1CCC(=Cc2c(F)cc(-c3cn(C)c(=O)c4[nH]ncc34)cc2OC)CC1. The highest BCUT2D eigenvalue weighted by Crippen LogP contribution is 2.34. The predicted molar refractivity (Wildman–Crippen MR) is 126 cm³/mol. The van der Waals surface area contributed by atoms with Gasteiger partial charge in [0.25, 0.3) is 5.56 Å². The number of ether oxygens (including phenoxy) is 1. The molecule has 0 radical (unpaired) electrons. The summed E-state index contributed by atoms with van der Waals surface area (Å²) in [6.45, 7) is 4.41. The number of aromatic amines is 1. The monoisotopic (exact) mass is 453 g/mol. The number of rotatable bonds is 6. The molecular formula is C24H28FN5O3. The van der Waals surface area contributed by atoms with Gasteiger partial charge in [0.2, 0.25) is 5.91 Å². The van der Waals surface area contributed by atoms with Crippen LogP contribution in [0.1, 0.15) is 25.3 Å². The maximum Gasteiger partial charge on any atom is 0.276 e. The van der Waals surface area contributed by atoms with Crippen molar-refractivity contribution in [3.05, 3.63) is 51.8 Å². The van der Waals surface area contributed by atoms with Gasteiger partial charge < -0.3 is 14.6 Å². The number of piperidine rings is 1. The van der Waals surface area contributed by atoms with E-state index in [4.69, 9.17) is 4.74 Å². The standard InChI is InChI=1S/C24H28FN5O3/c1-4-26-22(31)14-30-7-5-15(6-8-30)9-17-20(25)10-16(11-21(17)33-3)19-13-29(2)24(32)23-18(19)12-27-28-23/h9-13H,4-8,14H2,1-3H3,(H,26,31)(H,27,28). The van der Waals surface area contributed by atoms with Gasteiger partial charge in [0.1, 0.15) is 17.1 Å². The number of fused-ring (bicyclic) bond motifs is 1. The van der Waals surface area contributed by atoms with Crippen LogP contribution in [-0.2, 0) is 11.8 Å². The average molecular weight is 454 g/mol. The first-order valence-electron chi connectivity index (χ1n) is 11.0. The fraction of sp³-hybridized carbons (Fsp3) is 0.375. The van der Waals surface area contributed by atoms with Crippen molar-refractivity contribution in [2.75, 3.05) is 33.3 Å². The number of carbonyl (C=O) groups is 1. The summed E-state index contributed by atoms with van der Waals surface area (Å²) < 4.78 is 22.3. The largest absolute Gasteiger partial charge is 0.496 e. The zero-order valence-electron chi connectivity index (χ0n) is 19.1. The number of amides is 1. The number of hydrogen-bond donors (Lipinski definition) is 2. The third kappa shape index (κ3) is 4.68. The summed E-state index contributed by atoms with van der Waals surface area (Å²) in [5.74, 6) is 0.0539. The molecule has 1 aliphatic heterocycles. The Bertz CT molecular complexity index is 1270. The Morgan fingerprint density at radius 1 is 1.33 bits per heavy atom. The van der Waals surface area contributed by atoms with Crippen LogP contribution < -0.4 is 15.6 Å². The van der Waals surface area contributed by atoms with Gasteiger partial charge in [-0.25, -0.2) is 4.39 Å². The number of nitrogens with one attached hydrogen (secondary N) is 2. The average Bonchev–Trinajstić information content (AvgIpc) is 3.29. The predicted octanol–water partition coefficient (Wildman–Crippen LogP) is 2.69. The zero-order chi connectivity index (χ0) is 23.5. The normalized spacial score (nSPS) is 14.5. The second-order valence-electron chi connectivity index (χ2n) is 8.22. The van der Waals surface area contributed by atoms with Gasteiger partial charge in [-0.05, 0) is 43.5 Å². The number of H-pyrrole nitrogens is 1. The van der Waals surface area contributed by atoms with E-state index in [1.807, 2.05) is 13.0 Å². The van der Waals surface area contributed by atoms with Crippen LogP contribution in [0.2, 0.25) is 0 Å². The molecular weight excluding hydrogens is 425 g/mol. The number of aromatic nitrogens is 3. The van der Waals surface area contributed by atoms with Gasteiger partial charge in [-0.15, -0.1) is 0 Å². The van der Waals surface area contributed by atoms with Crippen LogP contribution in [-0.4, -0.2) is 58.9 Å². The van der Waals surface area contributed by atoms with Crippen molar-refractivity contribution in [2.45, 2.75) is 19.8 Å². The van der Waals surface area contributed by atoms with Gasteiger partial charge in [0.05, 0.1) is 25.4 Å². The summed E-state index contributed by atoms with van der Waals surface area (Å²) in [6.07, 6.45) is 6.63. The number of benzene rings is 1. The number of aryl methyl sites for hydroxylation is 1. The molecule has 0 bridgehead atoms. The number of likely N-dealkylation sites (N-methyl/N-ethyl adjacent to an activating group) is 1. The second kappa shape index (κ2) is 9.58. The fourth-order valence-electron chi connectivity index (χ4n) is 4.24. The molecule has 0 saturated carbocycles. The van der Waals surface area contributed by atoms with E-state index in [9.17, 15) is 9.59 Å². The van der Waals surface area contributed by atoms with Crippen LogP contribution >= 0.6 is 0 Å². The van der Waals surface area contributed by atoms with Crippen molar-refractivity contribution in [1.82, 2.24) is 25.0 Å². The molecule has 0 atom stereocenters. The van der Waals surface area contributed by atoms with Gasteiger partial charge in [0.15, 0.2) is 0 Å². The molecule has 1 fully saturated rings. The molecule has 3 heterocycles. The fourth-order valence-corrected chi connectivity index (χ4v) is 4.24. The molecule has 1 aliphatic rings. The quantitative estimate of drug-likeness (QED) is 0.599. The van der Waals surface area contributed by atoms with Gasteiger partial charge >= 0.3 is 0 Å². The molecule has 1 aromatic carbocycles. The van der Waals surface area contributed by atoms with Crippen molar-refractivity contribution in [3.63, 3.8) is 0 Å². The lowest BCUT2D eigenvalue weighted by atomic mass is 9.97. The minimum Gasteiger partial charge on any atom is -0.496 e. The van der Waals surface area contributed by atoms with Crippen molar-refractivity contribution < 1.29 is 13.9 Å². The smallest absolute Gasteiger partial charge is 0.276 e. The summed E-state index contributed by atoms with van der Waals surface area (Å²) >= 11 is 0. The Hall–Kier alpha value is -3.46. The number of pyridine rings is 1. The van der Waals surface area contributed by atoms with Crippen molar-refractivity contribution >= 4 is 22.9 Å². The first kappa shape index (κ1) is 22.7. The third-order valence-electron chi connectivity index (χ3n) is 6.00. The lowest BCUT2D eigenvalue weighted by Gasteiger charge is -2.27. The van der Waals surface area contributed by atoms with Crippen LogP contribution in [0, 0.1) is 5.82 Å². The first-order chi connectivity index (χ1) is 15.9. The van der Waals surface area contributed by atoms with Crippen molar-refractivity contribution in [2.24, 2.45) is 7.05 Å². The molecule has 3 aromatic rings. The summed E-state index contributed by atoms with van der Waals surface area (Å²) in [5, 5.41) is 10.1. The number of likely N-dealkylation sites (tertiary alicyclic amines) is 1. The molecule has 4 rings (SSSR count). The molecule has 33 heavy (non-hydrogen) atoms. The lowest BCUT2D eigenvalue weighted by Crippen LogP contribution is -2.40. The van der Waals surface area contributed by atoms with E-state index < -0.39 is 5.82 Å². The Kier molecular flexibility index (Phi) is 6.60. The maximum absolute atomic E-state index is 15.3. The van der Waals surface area contributed by atoms with E-state index in [2.05, 4.69) is 20.4 Å². The minimum atomic E-state index is -0.396. The Morgan fingerprint density at radius 3 is 2.79 bits per heavy atom. The molecule has 2 N–H and O–H groups in total. The highest BCUT2D eigenvalue weighted by atomic mass is 19.1. The zero-order valence-corrected chi connectivity index (χ0v) is 19.1. The first-order valence-corrected chi connectivity index (χ1v) is 11.0. The van der Waals surface area contributed by atoms with Crippen LogP contribution in [0.25, 0.3) is 28.1 Å². The summed E-state index contributed by atoms with van der Waals surface area (Å²) in [7, 11) is 3.17. The Labute approximate surface area is 191 Å². The molecule has 174 valence electrons. The highest BCUT2D eigenvalue weighted by molar-refractivity contribution is 5.94. The number of halogens is 1. The molecule has 0 unspecified atom stereocenters. The van der Waals surface area contributed by atoms with E-state index in [1.54, 1.807) is 25.5 Å². The van der Waals surface area contributed by atoms with Crippen LogP contribution in [0.3, 0.4) is 0 Å². The third-order valence-corrected chi connectivity index (χ3v) is 6.00. The molecule has 2 aromatic heterocycles. The summed E-state index contributed by atoms with van der Waals surface area (Å²) in [5.41, 5.74) is 2.99. The highest BCUT2D eigenvalue weighted by Gasteiger charge is 2.19. The molecule has 8 nitrogen and oxygen atoms in total. The van der Waals surface area contributed by atoms with E-state index in [-0.39, 0.29) is 11.5 Å². The molecule has 9 heteroatoms. The Morgan fingerprint density at radius 2 is 2.09 bits per heavy atom. The molecule has 0 spiro atoms. The molecule has 1 amide bonds. The van der Waals surface area contributed by atoms with Crippen LogP contribution in [0.15, 0.2) is 34.9 Å². The number of carbonyl (C=O) groups excluding carboxylic acids is 1. The van der Waals surface area contributed by atoms with E-state index in [0.717, 1.165) is 31.5 Å². The second-order valence-corrected chi connectivity index (χ2v) is 8.22. The number of methoxy groups -OCH3 is 1. The van der Waals surface area contributed by atoms with Crippen molar-refractivity contribution in [3.8, 4) is 16.9 Å². The lowest BCUT2D eigenvalue weighted by molar-refractivity contribution is -0.122. The van der Waals surface area contributed by atoms with E-state index in [0.29, 0.717) is 46.4 Å². The van der Waals surface area contributed by atoms with E-state index in [1.165, 1.54) is 17.7 Å². The van der Waals surface area contributed by atoms with Crippen LogP contribution in [0.4, 0.5) is 4.39 Å². The summed E-state index contributed by atoms with van der Waals surface area (Å²) in [4.78, 5) is 26.2. The number of nitrogens with zero attached hydrogens (tertiary/aromatic N) is 3. The van der Waals surface area contributed by atoms with E-state index >= 15 is 4.39 Å². The Balaban J connectivity index is 1.61. The van der Waals surface area contributed by atoms with Gasteiger partial charge in [-0.2, -0.15) is 5.10 Å². The molecule has 0 aliphatic carbocycles. The molecule has 1 saturated heterocycles. The maximum atomic E-state index is 15.3. The number of hydrogen-bond acceptors (Lipinski definition) is 5. The topological polar surface area (TPSA) is 92.2 Å². The summed E-state index contributed by atoms with van der Waals surface area (Å²) in [6, 6.07) is 3.25.